The first-order chi connectivity index (χ1) is 39.4. The molecule has 0 saturated heterocycles. The Kier molecular flexibility index (Phi) is 21.7. The van der Waals surface area contributed by atoms with Gasteiger partial charge in [-0.05, 0) is 145 Å². The maximum Gasteiger partial charge on any atom is 0.264 e. The quantitative estimate of drug-likeness (QED) is 0.0453. The molecule has 0 saturated carbocycles. The van der Waals surface area contributed by atoms with E-state index in [0.717, 1.165) is 41.1 Å². The van der Waals surface area contributed by atoms with Crippen molar-refractivity contribution in [2.24, 2.45) is 5.92 Å². The average molecular weight is 1360 g/mol. The van der Waals surface area contributed by atoms with Gasteiger partial charge in [0.15, 0.2) is 0 Å². The van der Waals surface area contributed by atoms with Crippen molar-refractivity contribution >= 4 is 163 Å². The van der Waals surface area contributed by atoms with Gasteiger partial charge < -0.3 is 15.1 Å². The van der Waals surface area contributed by atoms with E-state index in [-0.39, 0.29) is 68.7 Å². The number of aryl methyl sites for hydroxylation is 2. The lowest BCUT2D eigenvalue weighted by molar-refractivity contribution is -0.145. The van der Waals surface area contributed by atoms with E-state index in [2.05, 4.69) is 19.5 Å². The highest BCUT2D eigenvalue weighted by Gasteiger charge is 2.50. The zero-order valence-corrected chi connectivity index (χ0v) is 55.9. The molecule has 3 unspecified atom stereocenters. The summed E-state index contributed by atoms with van der Waals surface area (Å²) in [4.78, 5) is 50.9. The maximum absolute atomic E-state index is 16.2. The van der Waals surface area contributed by atoms with Crippen LogP contribution in [-0.4, -0.2) is 76.9 Å². The molecule has 0 aliphatic rings. The summed E-state index contributed by atoms with van der Waals surface area (Å²) in [6.07, 6.45) is 1.71. The van der Waals surface area contributed by atoms with Gasteiger partial charge in [-0.1, -0.05) is 95.6 Å². The number of thiophene rings is 3. The molecule has 15 nitrogen and oxygen atoms in total. The maximum atomic E-state index is 16.2. The number of carbonyl (C=O) groups is 3. The van der Waals surface area contributed by atoms with E-state index >= 15 is 14.4 Å². The first-order valence-corrected chi connectivity index (χ1v) is 35.6. The second-order valence-corrected chi connectivity index (χ2v) is 30.3. The van der Waals surface area contributed by atoms with Crippen LogP contribution in [0, 0.1) is 12.8 Å². The first kappa shape index (κ1) is 66.6. The number of nitrogens with zero attached hydrogens (tertiary/aromatic N) is 2. The number of hydrogen-bond acceptors (Lipinski definition) is 12. The minimum Gasteiger partial charge on any atom is -0.337 e. The average Bonchev–Trinajstić information content (AvgIpc) is 1.69. The molecule has 3 aromatic heterocycles. The van der Waals surface area contributed by atoms with Crippen LogP contribution in [-0.2, 0) is 50.9 Å². The fraction of sp³-hybridized carbons (Fsp3) is 0.328. The van der Waals surface area contributed by atoms with E-state index in [1.165, 1.54) is 73.8 Å². The fourth-order valence-electron chi connectivity index (χ4n) is 10.3. The highest BCUT2D eigenvalue weighted by atomic mass is 35.5. The van der Waals surface area contributed by atoms with Crippen LogP contribution >= 0.6 is 92.0 Å². The molecule has 84 heavy (non-hydrogen) atoms. The smallest absolute Gasteiger partial charge is 0.264 e. The van der Waals surface area contributed by atoms with Gasteiger partial charge in [-0.3, -0.25) is 28.5 Å². The lowest BCUT2D eigenvalue weighted by Crippen LogP contribution is -2.52. The number of halogens is 5. The van der Waals surface area contributed by atoms with Gasteiger partial charge in [-0.2, -0.15) is 0 Å². The van der Waals surface area contributed by atoms with Crippen molar-refractivity contribution in [1.29, 1.82) is 0 Å². The topological polar surface area (TPSA) is 208 Å². The SMILES string of the molecule is CCCc1ccc(S(=O)(=O)Nc2cscc2-c2ccc(NC(=O)C(C(C(=O)N(C(C)C)C(C)C)c3cscc3NS(=O)(=O)c3c(C)cc(Cl)cc3Cl)C(C(=O)N(C(C)C)C(C)C)c3cscc3NS(=O)(=O)c3c(Cl)cc(Cl)cc3Cl)cc2)cc1. The van der Waals surface area contributed by atoms with Crippen LogP contribution in [0.1, 0.15) is 103 Å². The molecule has 3 amide bonds. The lowest BCUT2D eigenvalue weighted by Gasteiger charge is -2.41. The Morgan fingerprint density at radius 2 is 0.940 bits per heavy atom. The molecule has 0 spiro atoms. The summed E-state index contributed by atoms with van der Waals surface area (Å²) in [6, 6.07) is 16.2. The van der Waals surface area contributed by atoms with Gasteiger partial charge in [0, 0.05) is 78.1 Å². The number of hydrogen-bond donors (Lipinski definition) is 4. The summed E-state index contributed by atoms with van der Waals surface area (Å²) in [7, 11) is -13.3. The second-order valence-electron chi connectivity index (χ2n) is 21.0. The second kappa shape index (κ2) is 27.4. The molecule has 4 aromatic carbocycles. The summed E-state index contributed by atoms with van der Waals surface area (Å²) < 4.78 is 93.7. The van der Waals surface area contributed by atoms with Gasteiger partial charge in [0.05, 0.1) is 54.8 Å². The molecule has 0 bridgehead atoms. The van der Waals surface area contributed by atoms with Crippen LogP contribution in [0.15, 0.2) is 120 Å². The minimum atomic E-state index is -4.72. The Morgan fingerprint density at radius 1 is 0.524 bits per heavy atom. The van der Waals surface area contributed by atoms with Crippen molar-refractivity contribution in [3.8, 4) is 11.1 Å². The third-order valence-corrected chi connectivity index (χ3v) is 22.0. The molecule has 0 radical (unpaired) electrons. The van der Waals surface area contributed by atoms with Crippen molar-refractivity contribution in [1.82, 2.24) is 9.80 Å². The molecular weight excluding hydrogens is 1290 g/mol. The fourth-order valence-corrected chi connectivity index (χ4v) is 19.0. The predicted molar refractivity (Wildman–Crippen MR) is 346 cm³/mol. The summed E-state index contributed by atoms with van der Waals surface area (Å²) in [5.41, 5.74) is 2.57. The molecule has 0 aliphatic carbocycles. The Bertz CT molecular complexity index is 3680. The van der Waals surface area contributed by atoms with Crippen LogP contribution in [0.2, 0.25) is 25.1 Å². The van der Waals surface area contributed by atoms with Crippen LogP contribution in [0.5, 0.6) is 0 Å². The Balaban J connectivity index is 1.44. The first-order valence-electron chi connectivity index (χ1n) is 26.4. The Hall–Kier alpha value is -4.91. The van der Waals surface area contributed by atoms with Gasteiger partial charge >= 0.3 is 0 Å². The van der Waals surface area contributed by atoms with Crippen molar-refractivity contribution < 1.29 is 39.6 Å². The summed E-state index contributed by atoms with van der Waals surface area (Å²) in [5.74, 6) is -7.53. The number of benzene rings is 4. The Labute approximate surface area is 529 Å². The third-order valence-electron chi connectivity index (χ3n) is 13.7. The van der Waals surface area contributed by atoms with Gasteiger partial charge in [0.2, 0.25) is 17.7 Å². The molecule has 7 aromatic rings. The van der Waals surface area contributed by atoms with E-state index in [4.69, 9.17) is 58.0 Å². The van der Waals surface area contributed by atoms with Crippen LogP contribution in [0.3, 0.4) is 0 Å². The number of anilines is 4. The van der Waals surface area contributed by atoms with Crippen molar-refractivity contribution in [2.45, 2.75) is 133 Å². The molecule has 7 rings (SSSR count). The summed E-state index contributed by atoms with van der Waals surface area (Å²) in [6.45, 7) is 17.8. The van der Waals surface area contributed by atoms with Gasteiger partial charge in [-0.25, -0.2) is 25.3 Å². The van der Waals surface area contributed by atoms with Gasteiger partial charge in [0.25, 0.3) is 30.1 Å². The minimum absolute atomic E-state index is 0.0120. The molecule has 26 heteroatoms. The molecule has 450 valence electrons. The van der Waals surface area contributed by atoms with E-state index < -0.39 is 94.6 Å². The molecular formula is C58H63Cl5N6O9S6. The highest BCUT2D eigenvalue weighted by Crippen LogP contribution is 2.48. The van der Waals surface area contributed by atoms with Crippen molar-refractivity contribution in [2.75, 3.05) is 19.5 Å². The van der Waals surface area contributed by atoms with Crippen LogP contribution in [0.4, 0.5) is 22.7 Å². The molecule has 0 aliphatic heterocycles. The number of nitrogens with one attached hydrogen (secondary N) is 4. The Morgan fingerprint density at radius 3 is 1.39 bits per heavy atom. The number of carbonyl (C=O) groups excluding carboxylic acids is 3. The zero-order chi connectivity index (χ0) is 61.9. The lowest BCUT2D eigenvalue weighted by atomic mass is 9.73. The third kappa shape index (κ3) is 14.9. The number of amides is 3. The number of sulfonamides is 3. The molecule has 3 atom stereocenters. The summed E-state index contributed by atoms with van der Waals surface area (Å²) in [5, 5.41) is 11.8. The zero-order valence-electron chi connectivity index (χ0n) is 47.3. The highest BCUT2D eigenvalue weighted by molar-refractivity contribution is 7.93. The summed E-state index contributed by atoms with van der Waals surface area (Å²) >= 11 is 35.4. The van der Waals surface area contributed by atoms with Crippen LogP contribution < -0.4 is 19.5 Å². The van der Waals surface area contributed by atoms with Crippen LogP contribution in [0.25, 0.3) is 11.1 Å². The van der Waals surface area contributed by atoms with E-state index in [0.29, 0.717) is 16.8 Å². The van der Waals surface area contributed by atoms with Crippen molar-refractivity contribution in [3.63, 3.8) is 0 Å². The van der Waals surface area contributed by atoms with E-state index in [9.17, 15) is 25.3 Å². The predicted octanol–water partition coefficient (Wildman–Crippen LogP) is 15.9. The molecule has 4 N–H and O–H groups in total. The monoisotopic (exact) mass is 1350 g/mol. The van der Waals surface area contributed by atoms with Gasteiger partial charge in [-0.15, -0.1) is 34.0 Å². The van der Waals surface area contributed by atoms with Gasteiger partial charge in [0.1, 0.15) is 9.79 Å². The standard InChI is InChI=1S/C58H63Cl5N6O9S6/c1-11-12-36-13-19-41(20-14-36)82(73,74)65-48-28-79-25-42(48)37-15-17-40(18-16-37)64-56(70)53(51(57(71)68(31(2)3)32(4)5)43-26-80-29-49(43)66-83(75,76)54-35(10)21-38(59)22-45(54)61)52(58(72)69(33(6)7)34(8)9)44-27-81-30-50(44)67-84(77,78)55-46(62)23-39(60)24-47(55)63/h13-34,51-53,65-67H,11-12H2,1-10H3,(H,64,70). The number of rotatable bonds is 24. The molecule has 0 fully saturated rings. The van der Waals surface area contributed by atoms with Crippen molar-refractivity contribution in [3.05, 3.63) is 152 Å². The molecule has 3 heterocycles. The normalized spacial score (nSPS) is 13.3. The largest absolute Gasteiger partial charge is 0.337 e. The van der Waals surface area contributed by atoms with E-state index in [1.54, 1.807) is 115 Å². The van der Waals surface area contributed by atoms with E-state index in [1.807, 2.05) is 6.92 Å².